The van der Waals surface area contributed by atoms with Crippen molar-refractivity contribution in [3.63, 3.8) is 0 Å². The van der Waals surface area contributed by atoms with E-state index < -0.39 is 17.6 Å². The molecule has 2 heterocycles. The number of amides is 1. The lowest BCUT2D eigenvalue weighted by Crippen LogP contribution is -2.51. The van der Waals surface area contributed by atoms with Gasteiger partial charge in [0.05, 0.1) is 17.2 Å². The Morgan fingerprint density at radius 1 is 1.00 bits per heavy atom. The molecule has 0 aliphatic carbocycles. The molecule has 0 fully saturated rings. The van der Waals surface area contributed by atoms with E-state index in [0.29, 0.717) is 5.56 Å². The van der Waals surface area contributed by atoms with Crippen LogP contribution in [-0.2, 0) is 4.74 Å². The number of nitrogens with one attached hydrogen (secondary N) is 4. The highest BCUT2D eigenvalue weighted by atomic mass is 79.9. The molecule has 5 N–H and O–H groups in total. The van der Waals surface area contributed by atoms with Gasteiger partial charge in [0.2, 0.25) is 5.91 Å². The van der Waals surface area contributed by atoms with E-state index >= 15 is 0 Å². The molecule has 9 heteroatoms. The average molecular weight is 592 g/mol. The average Bonchev–Trinajstić information content (AvgIpc) is 3.32. The molecule has 34 heavy (non-hydrogen) atoms. The monoisotopic (exact) mass is 590 g/mol. The molecule has 0 aliphatic rings. The number of ether oxygens (including phenoxy) is 1. The number of H-pyrrole nitrogens is 2. The summed E-state index contributed by atoms with van der Waals surface area (Å²) in [5, 5.41) is 18.8. The quantitative estimate of drug-likeness (QED) is 0.177. The highest BCUT2D eigenvalue weighted by Gasteiger charge is 2.30. The van der Waals surface area contributed by atoms with Gasteiger partial charge in [0.25, 0.3) is 5.91 Å². The van der Waals surface area contributed by atoms with Crippen molar-refractivity contribution < 1.29 is 14.6 Å². The van der Waals surface area contributed by atoms with Gasteiger partial charge in [0.1, 0.15) is 0 Å². The Morgan fingerprint density at radius 3 is 2.41 bits per heavy atom. The number of aromatic amines is 2. The van der Waals surface area contributed by atoms with Crippen LogP contribution >= 0.6 is 31.9 Å². The fourth-order valence-corrected chi connectivity index (χ4v) is 4.81. The van der Waals surface area contributed by atoms with Gasteiger partial charge in [-0.1, -0.05) is 37.9 Å². The third kappa shape index (κ3) is 5.72. The van der Waals surface area contributed by atoms with Gasteiger partial charge in [0.15, 0.2) is 0 Å². The molecule has 2 atom stereocenters. The number of aromatic nitrogens is 2. The number of carbonyl (C=O) groups is 1. The highest BCUT2D eigenvalue weighted by Crippen LogP contribution is 2.29. The fourth-order valence-electron chi connectivity index (χ4n) is 4.09. The molecule has 180 valence electrons. The lowest BCUT2D eigenvalue weighted by molar-refractivity contribution is -0.259. The zero-order valence-corrected chi connectivity index (χ0v) is 22.6. The Kier molecular flexibility index (Phi) is 6.94. The Morgan fingerprint density at radius 2 is 1.68 bits per heavy atom. The van der Waals surface area contributed by atoms with Crippen LogP contribution < -0.4 is 10.6 Å². The van der Waals surface area contributed by atoms with Gasteiger partial charge in [-0.15, -0.1) is 0 Å². The number of rotatable bonds is 7. The molecule has 0 bridgehead atoms. The van der Waals surface area contributed by atoms with Crippen molar-refractivity contribution in [2.75, 3.05) is 6.54 Å². The number of halogens is 2. The number of fused-ring (bicyclic) bond motifs is 2. The van der Waals surface area contributed by atoms with Gasteiger partial charge in [-0.2, -0.15) is 0 Å². The molecular formula is C25H28Br2N4O3. The van der Waals surface area contributed by atoms with Crippen LogP contribution in [0.4, 0.5) is 0 Å². The van der Waals surface area contributed by atoms with E-state index in [-0.39, 0.29) is 12.5 Å². The minimum Gasteiger partial charge on any atom is -0.361 e. The summed E-state index contributed by atoms with van der Waals surface area (Å²) in [4.78, 5) is 19.8. The molecular weight excluding hydrogens is 564 g/mol. The van der Waals surface area contributed by atoms with E-state index in [1.54, 1.807) is 13.1 Å². The molecule has 0 spiro atoms. The zero-order valence-electron chi connectivity index (χ0n) is 19.4. The Bertz CT molecular complexity index is 1340. The van der Waals surface area contributed by atoms with Crippen LogP contribution in [0.25, 0.3) is 21.8 Å². The summed E-state index contributed by atoms with van der Waals surface area (Å²) in [7, 11) is 0. The van der Waals surface area contributed by atoms with Crippen LogP contribution in [0.5, 0.6) is 0 Å². The third-order valence-electron chi connectivity index (χ3n) is 5.38. The molecule has 2 aromatic heterocycles. The van der Waals surface area contributed by atoms with Crippen LogP contribution in [0.15, 0.2) is 57.7 Å². The SMILES string of the molecule is CC(C)(C)OC(C)(O)NCC(NC(=O)c1c[nH]c2ccc(Br)cc12)c1c[nH]c2cc(Br)ccc12. The summed E-state index contributed by atoms with van der Waals surface area (Å²) in [6, 6.07) is 11.3. The van der Waals surface area contributed by atoms with Crippen molar-refractivity contribution in [1.82, 2.24) is 20.6 Å². The van der Waals surface area contributed by atoms with Crippen molar-refractivity contribution in [3.8, 4) is 0 Å². The number of hydrogen-bond acceptors (Lipinski definition) is 4. The van der Waals surface area contributed by atoms with Crippen molar-refractivity contribution in [3.05, 3.63) is 68.9 Å². The molecule has 0 saturated heterocycles. The van der Waals surface area contributed by atoms with Crippen LogP contribution in [0.1, 0.15) is 49.7 Å². The maximum atomic E-state index is 13.4. The van der Waals surface area contributed by atoms with Crippen molar-refractivity contribution >= 4 is 59.6 Å². The second-order valence-corrected chi connectivity index (χ2v) is 11.3. The van der Waals surface area contributed by atoms with Crippen molar-refractivity contribution in [2.45, 2.75) is 45.2 Å². The standard InChI is InChI=1S/C25H28Br2N4O3/c1-24(2,3)34-25(4,33)30-13-22(18-11-29-21-10-15(27)5-7-16(18)21)31-23(32)19-12-28-20-8-6-14(26)9-17(19)20/h5-12,22,28-30,33H,13H2,1-4H3,(H,31,32). The lowest BCUT2D eigenvalue weighted by Gasteiger charge is -2.34. The highest BCUT2D eigenvalue weighted by molar-refractivity contribution is 9.10. The minimum atomic E-state index is -1.58. The first-order chi connectivity index (χ1) is 15.9. The topological polar surface area (TPSA) is 102 Å². The first-order valence-electron chi connectivity index (χ1n) is 10.9. The molecule has 0 saturated carbocycles. The summed E-state index contributed by atoms with van der Waals surface area (Å²) in [5.41, 5.74) is 2.70. The van der Waals surface area contributed by atoms with E-state index in [9.17, 15) is 9.90 Å². The Labute approximate surface area is 214 Å². The first-order valence-corrected chi connectivity index (χ1v) is 12.5. The molecule has 0 aliphatic heterocycles. The van der Waals surface area contributed by atoms with Crippen LogP contribution in [0.3, 0.4) is 0 Å². The van der Waals surface area contributed by atoms with Gasteiger partial charge in [-0.3, -0.25) is 10.1 Å². The second-order valence-electron chi connectivity index (χ2n) is 9.43. The van der Waals surface area contributed by atoms with Crippen molar-refractivity contribution in [1.29, 1.82) is 0 Å². The number of carbonyl (C=O) groups excluding carboxylic acids is 1. The number of benzene rings is 2. The van der Waals surface area contributed by atoms with Gasteiger partial charge in [0, 0.05) is 62.2 Å². The van der Waals surface area contributed by atoms with Crippen molar-refractivity contribution in [2.24, 2.45) is 0 Å². The van der Waals surface area contributed by atoms with Crippen LogP contribution in [0, 0.1) is 0 Å². The van der Waals surface area contributed by atoms with E-state index in [1.807, 2.05) is 63.4 Å². The Hall–Kier alpha value is -2.17. The predicted molar refractivity (Wildman–Crippen MR) is 142 cm³/mol. The summed E-state index contributed by atoms with van der Waals surface area (Å²) in [6.45, 7) is 7.41. The molecule has 0 radical (unpaired) electrons. The van der Waals surface area contributed by atoms with Crippen LogP contribution in [-0.4, -0.2) is 39.0 Å². The molecule has 1 amide bonds. The molecule has 2 unspecified atom stereocenters. The summed E-state index contributed by atoms with van der Waals surface area (Å²) in [5.74, 6) is -1.80. The minimum absolute atomic E-state index is 0.223. The summed E-state index contributed by atoms with van der Waals surface area (Å²) in [6.07, 6.45) is 3.59. The first kappa shape index (κ1) is 24.9. The van der Waals surface area contributed by atoms with Gasteiger partial charge < -0.3 is 25.1 Å². The largest absolute Gasteiger partial charge is 0.361 e. The van der Waals surface area contributed by atoms with Gasteiger partial charge >= 0.3 is 0 Å². The molecule has 2 aromatic carbocycles. The van der Waals surface area contributed by atoms with E-state index in [2.05, 4.69) is 52.5 Å². The normalized spacial score (nSPS) is 14.9. The van der Waals surface area contributed by atoms with Gasteiger partial charge in [-0.25, -0.2) is 0 Å². The molecule has 4 aromatic rings. The molecule has 7 nitrogen and oxygen atoms in total. The zero-order chi connectivity index (χ0) is 24.7. The lowest BCUT2D eigenvalue weighted by atomic mass is 10.0. The smallest absolute Gasteiger partial charge is 0.253 e. The maximum Gasteiger partial charge on any atom is 0.253 e. The second kappa shape index (κ2) is 9.47. The third-order valence-corrected chi connectivity index (χ3v) is 6.37. The van der Waals surface area contributed by atoms with Crippen LogP contribution in [0.2, 0.25) is 0 Å². The van der Waals surface area contributed by atoms with E-state index in [4.69, 9.17) is 4.74 Å². The molecule has 4 rings (SSSR count). The van der Waals surface area contributed by atoms with Gasteiger partial charge in [-0.05, 0) is 51.1 Å². The predicted octanol–water partition coefficient (Wildman–Crippen LogP) is 5.72. The Balaban J connectivity index is 1.65. The van der Waals surface area contributed by atoms with E-state index in [0.717, 1.165) is 36.3 Å². The summed E-state index contributed by atoms with van der Waals surface area (Å²) >= 11 is 6.98. The number of aliphatic hydroxyl groups is 1. The number of hydrogen-bond donors (Lipinski definition) is 5. The summed E-state index contributed by atoms with van der Waals surface area (Å²) < 4.78 is 7.60. The fraction of sp³-hybridized carbons (Fsp3) is 0.320. The van der Waals surface area contributed by atoms with E-state index in [1.165, 1.54) is 0 Å². The maximum absolute atomic E-state index is 13.4.